The van der Waals surface area contributed by atoms with Gasteiger partial charge in [-0.3, -0.25) is 0 Å². The molecule has 0 aliphatic rings. The first kappa shape index (κ1) is 17.3. The zero-order valence-corrected chi connectivity index (χ0v) is 15.0. The number of rotatable bonds is 6. The Kier molecular flexibility index (Phi) is 5.80. The lowest BCUT2D eigenvalue weighted by Gasteiger charge is -2.20. The first-order valence-corrected chi connectivity index (χ1v) is 8.52. The molecular weight excluding hydrogens is 367 g/mol. The van der Waals surface area contributed by atoms with Crippen LogP contribution in [0.15, 0.2) is 61.2 Å². The van der Waals surface area contributed by atoms with Crippen molar-refractivity contribution in [2.24, 2.45) is 0 Å². The summed E-state index contributed by atoms with van der Waals surface area (Å²) in [4.78, 5) is 4.07. The average Bonchev–Trinajstić information content (AvgIpc) is 3.07. The average molecular weight is 382 g/mol. The van der Waals surface area contributed by atoms with Gasteiger partial charge in [0.15, 0.2) is 0 Å². The molecule has 1 aromatic heterocycles. The van der Waals surface area contributed by atoms with E-state index in [1.54, 1.807) is 24.7 Å². The lowest BCUT2D eigenvalue weighted by Crippen LogP contribution is -2.12. The second-order valence-corrected chi connectivity index (χ2v) is 6.56. The van der Waals surface area contributed by atoms with E-state index in [9.17, 15) is 0 Å². The summed E-state index contributed by atoms with van der Waals surface area (Å²) < 4.78 is 8.09. The van der Waals surface area contributed by atoms with E-state index < -0.39 is 0 Å². The van der Waals surface area contributed by atoms with Gasteiger partial charge in [0, 0.05) is 33.0 Å². The van der Waals surface area contributed by atoms with E-state index in [4.69, 9.17) is 39.5 Å². The van der Waals surface area contributed by atoms with Gasteiger partial charge in [-0.1, -0.05) is 53.0 Å². The predicted molar refractivity (Wildman–Crippen MR) is 97.7 cm³/mol. The first-order valence-electron chi connectivity index (χ1n) is 7.39. The van der Waals surface area contributed by atoms with Crippen molar-refractivity contribution in [1.82, 2.24) is 9.55 Å². The van der Waals surface area contributed by atoms with E-state index in [1.165, 1.54) is 0 Å². The second-order valence-electron chi connectivity index (χ2n) is 5.31. The summed E-state index contributed by atoms with van der Waals surface area (Å²) in [6.07, 6.45) is 5.22. The zero-order valence-electron chi connectivity index (χ0n) is 12.7. The van der Waals surface area contributed by atoms with Crippen LogP contribution in [-0.2, 0) is 17.9 Å². The maximum atomic E-state index is 6.23. The summed E-state index contributed by atoms with van der Waals surface area (Å²) in [6, 6.07) is 13.0. The predicted octanol–water partition coefficient (Wildman–Crippen LogP) is 5.80. The minimum atomic E-state index is -0.177. The van der Waals surface area contributed by atoms with Crippen LogP contribution in [0.1, 0.15) is 17.2 Å². The van der Waals surface area contributed by atoms with Gasteiger partial charge >= 0.3 is 0 Å². The Hall–Kier alpha value is -1.52. The Bertz CT molecular complexity index is 768. The molecule has 6 heteroatoms. The SMILES string of the molecule is Clc1ccc(C(Cn2ccnc2)OCc2c(Cl)cccc2Cl)cc1. The van der Waals surface area contributed by atoms with Crippen LogP contribution in [-0.4, -0.2) is 9.55 Å². The smallest absolute Gasteiger partial charge is 0.101 e. The van der Waals surface area contributed by atoms with Gasteiger partial charge < -0.3 is 9.30 Å². The van der Waals surface area contributed by atoms with Crippen molar-refractivity contribution in [3.8, 4) is 0 Å². The maximum absolute atomic E-state index is 6.23. The molecule has 3 aromatic rings. The molecule has 0 saturated heterocycles. The Morgan fingerprint density at radius 1 is 1.00 bits per heavy atom. The topological polar surface area (TPSA) is 27.1 Å². The summed E-state index contributed by atoms with van der Waals surface area (Å²) in [5.41, 5.74) is 1.81. The van der Waals surface area contributed by atoms with Crippen molar-refractivity contribution in [3.05, 3.63) is 87.4 Å². The molecule has 0 amide bonds. The maximum Gasteiger partial charge on any atom is 0.101 e. The Morgan fingerprint density at radius 2 is 1.71 bits per heavy atom. The lowest BCUT2D eigenvalue weighted by atomic mass is 10.1. The first-order chi connectivity index (χ1) is 11.6. The van der Waals surface area contributed by atoms with Crippen LogP contribution in [0.3, 0.4) is 0 Å². The third-order valence-corrected chi connectivity index (χ3v) is 4.63. The largest absolute Gasteiger partial charge is 0.367 e. The molecular formula is C18H15Cl3N2O. The highest BCUT2D eigenvalue weighted by molar-refractivity contribution is 6.35. The minimum Gasteiger partial charge on any atom is -0.367 e. The molecule has 0 saturated carbocycles. The van der Waals surface area contributed by atoms with Gasteiger partial charge in [-0.05, 0) is 29.8 Å². The van der Waals surface area contributed by atoms with E-state index in [1.807, 2.05) is 41.1 Å². The van der Waals surface area contributed by atoms with Gasteiger partial charge in [0.1, 0.15) is 6.10 Å². The molecule has 0 bridgehead atoms. The highest BCUT2D eigenvalue weighted by Crippen LogP contribution is 2.28. The minimum absolute atomic E-state index is 0.177. The third-order valence-electron chi connectivity index (χ3n) is 3.67. The summed E-state index contributed by atoms with van der Waals surface area (Å²) in [7, 11) is 0. The molecule has 1 unspecified atom stereocenters. The lowest BCUT2D eigenvalue weighted by molar-refractivity contribution is 0.0280. The van der Waals surface area contributed by atoms with Crippen LogP contribution in [0.5, 0.6) is 0 Å². The van der Waals surface area contributed by atoms with Gasteiger partial charge in [-0.2, -0.15) is 0 Å². The summed E-state index contributed by atoms with van der Waals surface area (Å²) in [5, 5.41) is 1.88. The van der Waals surface area contributed by atoms with Gasteiger partial charge in [0.05, 0.1) is 19.5 Å². The molecule has 1 heterocycles. The van der Waals surface area contributed by atoms with Crippen molar-refractivity contribution < 1.29 is 4.74 Å². The molecule has 0 aliphatic carbocycles. The fourth-order valence-electron chi connectivity index (χ4n) is 2.37. The Labute approximate surface area is 155 Å². The zero-order chi connectivity index (χ0) is 16.9. The summed E-state index contributed by atoms with van der Waals surface area (Å²) >= 11 is 18.4. The number of imidazole rings is 1. The normalized spacial score (nSPS) is 12.3. The third kappa shape index (κ3) is 4.31. The van der Waals surface area contributed by atoms with E-state index in [2.05, 4.69) is 4.98 Å². The number of ether oxygens (including phenoxy) is 1. The molecule has 0 fully saturated rings. The molecule has 0 aliphatic heterocycles. The Morgan fingerprint density at radius 3 is 2.33 bits per heavy atom. The van der Waals surface area contributed by atoms with E-state index in [-0.39, 0.29) is 6.10 Å². The standard InChI is InChI=1S/C18H15Cl3N2O/c19-14-6-4-13(5-7-14)18(10-23-9-8-22-12-23)24-11-15-16(20)2-1-3-17(15)21/h1-9,12,18H,10-11H2. The van der Waals surface area contributed by atoms with Crippen LogP contribution in [0.25, 0.3) is 0 Å². The molecule has 124 valence electrons. The van der Waals surface area contributed by atoms with E-state index in [0.717, 1.165) is 11.1 Å². The van der Waals surface area contributed by atoms with Crippen LogP contribution < -0.4 is 0 Å². The summed E-state index contributed by atoms with van der Waals surface area (Å²) in [5.74, 6) is 0. The van der Waals surface area contributed by atoms with Crippen LogP contribution in [0.4, 0.5) is 0 Å². The van der Waals surface area contributed by atoms with Crippen molar-refractivity contribution in [2.75, 3.05) is 0 Å². The van der Waals surface area contributed by atoms with E-state index in [0.29, 0.717) is 28.2 Å². The van der Waals surface area contributed by atoms with Crippen molar-refractivity contribution in [1.29, 1.82) is 0 Å². The van der Waals surface area contributed by atoms with Crippen molar-refractivity contribution in [3.63, 3.8) is 0 Å². The summed E-state index contributed by atoms with van der Waals surface area (Å²) in [6.45, 7) is 0.949. The monoisotopic (exact) mass is 380 g/mol. The number of aromatic nitrogens is 2. The number of benzene rings is 2. The van der Waals surface area contributed by atoms with Gasteiger partial charge in [-0.15, -0.1) is 0 Å². The number of nitrogens with zero attached hydrogens (tertiary/aromatic N) is 2. The number of hydrogen-bond acceptors (Lipinski definition) is 2. The van der Waals surface area contributed by atoms with Crippen molar-refractivity contribution in [2.45, 2.75) is 19.3 Å². The van der Waals surface area contributed by atoms with Crippen LogP contribution >= 0.6 is 34.8 Å². The highest BCUT2D eigenvalue weighted by atomic mass is 35.5. The van der Waals surface area contributed by atoms with Crippen LogP contribution in [0, 0.1) is 0 Å². The number of halogens is 3. The quantitative estimate of drug-likeness (QED) is 0.539. The van der Waals surface area contributed by atoms with Gasteiger partial charge in [0.2, 0.25) is 0 Å². The van der Waals surface area contributed by atoms with Crippen LogP contribution in [0.2, 0.25) is 15.1 Å². The van der Waals surface area contributed by atoms with E-state index >= 15 is 0 Å². The molecule has 0 radical (unpaired) electrons. The molecule has 0 N–H and O–H groups in total. The van der Waals surface area contributed by atoms with Gasteiger partial charge in [-0.25, -0.2) is 4.98 Å². The molecule has 3 rings (SSSR count). The van der Waals surface area contributed by atoms with Crippen molar-refractivity contribution >= 4 is 34.8 Å². The number of hydrogen-bond donors (Lipinski definition) is 0. The molecule has 0 spiro atoms. The fraction of sp³-hybridized carbons (Fsp3) is 0.167. The molecule has 1 atom stereocenters. The van der Waals surface area contributed by atoms with Gasteiger partial charge in [0.25, 0.3) is 0 Å². The Balaban J connectivity index is 1.80. The molecule has 2 aromatic carbocycles. The fourth-order valence-corrected chi connectivity index (χ4v) is 3.00. The molecule has 3 nitrogen and oxygen atoms in total. The highest BCUT2D eigenvalue weighted by Gasteiger charge is 2.15. The second kappa shape index (κ2) is 8.04. The molecule has 24 heavy (non-hydrogen) atoms.